The third kappa shape index (κ3) is 3.61. The SMILES string of the molecule is C[C@@H]1CCCC[C@@H]1NC(=O)CCn1c(=O)oc2cc(Cl)ccc21. The molecule has 1 heterocycles. The zero-order chi connectivity index (χ0) is 16.4. The first-order chi connectivity index (χ1) is 11.0. The lowest BCUT2D eigenvalue weighted by atomic mass is 9.86. The number of hydrogen-bond donors (Lipinski definition) is 1. The highest BCUT2D eigenvalue weighted by atomic mass is 35.5. The minimum atomic E-state index is -0.457. The van der Waals surface area contributed by atoms with E-state index >= 15 is 0 Å². The zero-order valence-electron chi connectivity index (χ0n) is 13.2. The number of aryl methyl sites for hydroxylation is 1. The molecule has 0 saturated heterocycles. The van der Waals surface area contributed by atoms with Crippen molar-refractivity contribution in [2.45, 2.75) is 51.6 Å². The normalized spacial score (nSPS) is 21.5. The largest absolute Gasteiger partial charge is 0.419 e. The summed E-state index contributed by atoms with van der Waals surface area (Å²) in [7, 11) is 0. The molecule has 0 unspecified atom stereocenters. The van der Waals surface area contributed by atoms with E-state index < -0.39 is 5.76 Å². The van der Waals surface area contributed by atoms with Crippen molar-refractivity contribution in [3.63, 3.8) is 0 Å². The van der Waals surface area contributed by atoms with Crippen LogP contribution < -0.4 is 11.1 Å². The van der Waals surface area contributed by atoms with E-state index in [0.29, 0.717) is 28.6 Å². The number of carbonyl (C=O) groups excluding carboxylic acids is 1. The summed E-state index contributed by atoms with van der Waals surface area (Å²) < 4.78 is 6.65. The first-order valence-corrected chi connectivity index (χ1v) is 8.50. The van der Waals surface area contributed by atoms with Gasteiger partial charge >= 0.3 is 5.76 Å². The van der Waals surface area contributed by atoms with E-state index in [9.17, 15) is 9.59 Å². The molecule has 1 N–H and O–H groups in total. The monoisotopic (exact) mass is 336 g/mol. The Labute approximate surface area is 139 Å². The van der Waals surface area contributed by atoms with Gasteiger partial charge in [0.05, 0.1) is 5.52 Å². The van der Waals surface area contributed by atoms with Crippen molar-refractivity contribution in [2.24, 2.45) is 5.92 Å². The molecule has 0 radical (unpaired) electrons. The summed E-state index contributed by atoms with van der Waals surface area (Å²) in [6.07, 6.45) is 4.88. The molecule has 2 atom stereocenters. The standard InChI is InChI=1S/C17H21ClN2O3/c1-11-4-2-3-5-13(11)19-16(21)8-9-20-14-7-6-12(18)10-15(14)23-17(20)22/h6-7,10-11,13H,2-5,8-9H2,1H3,(H,19,21)/t11-,13+/m1/s1. The summed E-state index contributed by atoms with van der Waals surface area (Å²) in [6, 6.07) is 5.31. The number of fused-ring (bicyclic) bond motifs is 1. The third-order valence-corrected chi connectivity index (χ3v) is 4.89. The summed E-state index contributed by atoms with van der Waals surface area (Å²) in [5.74, 6) is 0.0485. The number of rotatable bonds is 4. The average molecular weight is 337 g/mol. The zero-order valence-corrected chi connectivity index (χ0v) is 13.9. The van der Waals surface area contributed by atoms with Crippen LogP contribution in [0.15, 0.2) is 27.4 Å². The molecular weight excluding hydrogens is 316 g/mol. The molecule has 3 rings (SSSR count). The molecule has 0 bridgehead atoms. The van der Waals surface area contributed by atoms with Gasteiger partial charge in [0, 0.05) is 30.1 Å². The van der Waals surface area contributed by atoms with Crippen LogP contribution in [0.25, 0.3) is 11.1 Å². The molecule has 1 amide bonds. The van der Waals surface area contributed by atoms with Gasteiger partial charge < -0.3 is 9.73 Å². The van der Waals surface area contributed by atoms with Gasteiger partial charge in [-0.2, -0.15) is 0 Å². The fourth-order valence-electron chi connectivity index (χ4n) is 3.27. The molecule has 1 aromatic carbocycles. The maximum atomic E-state index is 12.2. The highest BCUT2D eigenvalue weighted by Gasteiger charge is 2.22. The predicted molar refractivity (Wildman–Crippen MR) is 89.7 cm³/mol. The van der Waals surface area contributed by atoms with Crippen LogP contribution in [-0.2, 0) is 11.3 Å². The lowest BCUT2D eigenvalue weighted by molar-refractivity contribution is -0.122. The number of nitrogens with one attached hydrogen (secondary N) is 1. The van der Waals surface area contributed by atoms with Crippen LogP contribution in [0, 0.1) is 5.92 Å². The second-order valence-corrected chi connectivity index (χ2v) is 6.75. The fourth-order valence-corrected chi connectivity index (χ4v) is 3.44. The number of amides is 1. The number of benzene rings is 1. The summed E-state index contributed by atoms with van der Waals surface area (Å²) in [6.45, 7) is 2.49. The number of carbonyl (C=O) groups is 1. The Morgan fingerprint density at radius 2 is 2.17 bits per heavy atom. The van der Waals surface area contributed by atoms with E-state index in [1.165, 1.54) is 17.4 Å². The molecule has 23 heavy (non-hydrogen) atoms. The smallest absolute Gasteiger partial charge is 0.408 e. The van der Waals surface area contributed by atoms with Crippen molar-refractivity contribution in [2.75, 3.05) is 0 Å². The Hall–Kier alpha value is -1.75. The van der Waals surface area contributed by atoms with Crippen LogP contribution >= 0.6 is 11.6 Å². The van der Waals surface area contributed by atoms with Crippen molar-refractivity contribution in [3.8, 4) is 0 Å². The summed E-state index contributed by atoms with van der Waals surface area (Å²) in [4.78, 5) is 24.1. The highest BCUT2D eigenvalue weighted by molar-refractivity contribution is 6.31. The quantitative estimate of drug-likeness (QED) is 0.931. The lowest BCUT2D eigenvalue weighted by Gasteiger charge is -2.29. The van der Waals surface area contributed by atoms with Crippen LogP contribution in [0.4, 0.5) is 0 Å². The van der Waals surface area contributed by atoms with Gasteiger partial charge in [0.25, 0.3) is 0 Å². The highest BCUT2D eigenvalue weighted by Crippen LogP contribution is 2.24. The molecule has 124 valence electrons. The molecule has 1 fully saturated rings. The molecule has 1 aliphatic carbocycles. The molecule has 1 aromatic heterocycles. The lowest BCUT2D eigenvalue weighted by Crippen LogP contribution is -2.41. The number of halogens is 1. The van der Waals surface area contributed by atoms with Crippen LogP contribution in [-0.4, -0.2) is 16.5 Å². The predicted octanol–water partition coefficient (Wildman–Crippen LogP) is 3.33. The molecule has 1 saturated carbocycles. The Morgan fingerprint density at radius 3 is 2.96 bits per heavy atom. The molecule has 2 aromatic rings. The molecule has 0 aliphatic heterocycles. The second kappa shape index (κ2) is 6.79. The van der Waals surface area contributed by atoms with Gasteiger partial charge in [-0.1, -0.05) is 31.4 Å². The number of nitrogens with zero attached hydrogens (tertiary/aromatic N) is 1. The van der Waals surface area contributed by atoms with Gasteiger partial charge in [-0.05, 0) is 30.9 Å². The molecule has 6 heteroatoms. The van der Waals surface area contributed by atoms with Crippen LogP contribution in [0.2, 0.25) is 5.02 Å². The molecule has 1 aliphatic rings. The molecular formula is C17H21ClN2O3. The summed E-state index contributed by atoms with van der Waals surface area (Å²) in [5, 5.41) is 3.62. The van der Waals surface area contributed by atoms with E-state index in [1.54, 1.807) is 18.2 Å². The van der Waals surface area contributed by atoms with E-state index in [0.717, 1.165) is 12.8 Å². The third-order valence-electron chi connectivity index (χ3n) is 4.65. The summed E-state index contributed by atoms with van der Waals surface area (Å²) >= 11 is 5.89. The maximum absolute atomic E-state index is 12.2. The van der Waals surface area contributed by atoms with Gasteiger partial charge in [-0.3, -0.25) is 9.36 Å². The fraction of sp³-hybridized carbons (Fsp3) is 0.529. The minimum absolute atomic E-state index is 0.0148. The first kappa shape index (κ1) is 16.1. The maximum Gasteiger partial charge on any atom is 0.419 e. The van der Waals surface area contributed by atoms with Crippen molar-refractivity contribution < 1.29 is 9.21 Å². The summed E-state index contributed by atoms with van der Waals surface area (Å²) in [5.41, 5.74) is 1.11. The topological polar surface area (TPSA) is 64.2 Å². The van der Waals surface area contributed by atoms with Crippen LogP contribution in [0.5, 0.6) is 0 Å². The van der Waals surface area contributed by atoms with Gasteiger partial charge in [0.1, 0.15) is 0 Å². The molecule has 0 spiro atoms. The second-order valence-electron chi connectivity index (χ2n) is 6.32. The molecule has 5 nitrogen and oxygen atoms in total. The average Bonchev–Trinajstić information content (AvgIpc) is 2.82. The Morgan fingerprint density at radius 1 is 1.39 bits per heavy atom. The van der Waals surface area contributed by atoms with E-state index in [2.05, 4.69) is 12.2 Å². The van der Waals surface area contributed by atoms with Gasteiger partial charge in [-0.15, -0.1) is 0 Å². The van der Waals surface area contributed by atoms with Gasteiger partial charge in [0.15, 0.2) is 5.58 Å². The number of oxazole rings is 1. The number of aromatic nitrogens is 1. The minimum Gasteiger partial charge on any atom is -0.408 e. The van der Waals surface area contributed by atoms with Gasteiger partial charge in [0.2, 0.25) is 5.91 Å². The van der Waals surface area contributed by atoms with Crippen LogP contribution in [0.3, 0.4) is 0 Å². The Balaban J connectivity index is 1.65. The van der Waals surface area contributed by atoms with Crippen molar-refractivity contribution >= 4 is 28.6 Å². The van der Waals surface area contributed by atoms with E-state index in [-0.39, 0.29) is 18.4 Å². The Kier molecular flexibility index (Phi) is 4.76. The van der Waals surface area contributed by atoms with Crippen molar-refractivity contribution in [3.05, 3.63) is 33.8 Å². The van der Waals surface area contributed by atoms with E-state index in [1.807, 2.05) is 0 Å². The van der Waals surface area contributed by atoms with Crippen molar-refractivity contribution in [1.29, 1.82) is 0 Å². The first-order valence-electron chi connectivity index (χ1n) is 8.13. The van der Waals surface area contributed by atoms with Crippen molar-refractivity contribution in [1.82, 2.24) is 9.88 Å². The Bertz CT molecular complexity index is 765. The van der Waals surface area contributed by atoms with Gasteiger partial charge in [-0.25, -0.2) is 4.79 Å². The van der Waals surface area contributed by atoms with Crippen LogP contribution in [0.1, 0.15) is 39.0 Å². The number of hydrogen-bond acceptors (Lipinski definition) is 3. The van der Waals surface area contributed by atoms with E-state index in [4.69, 9.17) is 16.0 Å².